The van der Waals surface area contributed by atoms with Crippen molar-refractivity contribution in [2.24, 2.45) is 0 Å². The second-order valence-electron chi connectivity index (χ2n) is 9.73. The molecular formula is C28H55N2O+. The van der Waals surface area contributed by atoms with E-state index in [1.165, 1.54) is 109 Å². The largest absolute Gasteiger partial charge is 0.345 e. The molecule has 3 atom stereocenters. The Kier molecular flexibility index (Phi) is 17.1. The van der Waals surface area contributed by atoms with Gasteiger partial charge in [-0.3, -0.25) is 4.48 Å². The van der Waals surface area contributed by atoms with Crippen LogP contribution < -0.4 is 5.32 Å². The van der Waals surface area contributed by atoms with E-state index in [1.54, 1.807) is 0 Å². The van der Waals surface area contributed by atoms with E-state index in [0.29, 0.717) is 10.6 Å². The topological polar surface area (TPSA) is 32.3 Å². The Balaban J connectivity index is 1.84. The molecule has 3 unspecified atom stereocenters. The van der Waals surface area contributed by atoms with Gasteiger partial charge in [-0.2, -0.15) is 0 Å². The van der Waals surface area contributed by atoms with Crippen LogP contribution in [0.25, 0.3) is 0 Å². The highest BCUT2D eigenvalue weighted by Gasteiger charge is 2.40. The SMILES string of the molecule is CCCCCCCC/C=C/CCCCCCCCCCCC1NC=C[N+]1(CC)C(C)O. The lowest BCUT2D eigenvalue weighted by atomic mass is 10.0. The highest BCUT2D eigenvalue weighted by Crippen LogP contribution is 2.26. The third kappa shape index (κ3) is 12.1. The van der Waals surface area contributed by atoms with Gasteiger partial charge in [0.15, 0.2) is 12.4 Å². The summed E-state index contributed by atoms with van der Waals surface area (Å²) in [5.74, 6) is 0. The summed E-state index contributed by atoms with van der Waals surface area (Å²) in [6.45, 7) is 7.32. The monoisotopic (exact) mass is 435 g/mol. The first kappa shape index (κ1) is 28.2. The molecule has 0 aromatic heterocycles. The smallest absolute Gasteiger partial charge is 0.193 e. The predicted octanol–water partition coefficient (Wildman–Crippen LogP) is 8.16. The summed E-state index contributed by atoms with van der Waals surface area (Å²) in [5.41, 5.74) is 0. The van der Waals surface area contributed by atoms with Crippen LogP contribution in [0.1, 0.15) is 136 Å². The standard InChI is InChI=1S/C28H55N2O/c1-4-6-7-8-9-10-11-12-13-14-15-16-17-18-19-20-21-22-23-24-28-29-25-26-30(28,5-2)27(3)31/h12-13,25-29,31H,4-11,14-24H2,1-3H3/q+1/b13-12+. The van der Waals surface area contributed by atoms with Crippen LogP contribution in [0, 0.1) is 0 Å². The van der Waals surface area contributed by atoms with Crippen molar-refractivity contribution in [2.75, 3.05) is 6.54 Å². The van der Waals surface area contributed by atoms with Crippen LogP contribution in [0.4, 0.5) is 0 Å². The van der Waals surface area contributed by atoms with Gasteiger partial charge in [-0.05, 0) is 39.0 Å². The average Bonchev–Trinajstić information content (AvgIpc) is 3.19. The van der Waals surface area contributed by atoms with E-state index < -0.39 is 0 Å². The molecule has 0 aliphatic carbocycles. The van der Waals surface area contributed by atoms with E-state index in [0.717, 1.165) is 13.0 Å². The minimum absolute atomic E-state index is 0.336. The van der Waals surface area contributed by atoms with Crippen LogP contribution in [-0.2, 0) is 0 Å². The summed E-state index contributed by atoms with van der Waals surface area (Å²) in [6, 6.07) is 0. The summed E-state index contributed by atoms with van der Waals surface area (Å²) in [4.78, 5) is 0. The van der Waals surface area contributed by atoms with Gasteiger partial charge in [-0.15, -0.1) is 0 Å². The minimum atomic E-state index is -0.336. The number of aliphatic hydroxyl groups is 1. The number of hydrogen-bond acceptors (Lipinski definition) is 2. The third-order valence-electron chi connectivity index (χ3n) is 7.20. The molecule has 0 radical (unpaired) electrons. The van der Waals surface area contributed by atoms with Gasteiger partial charge < -0.3 is 10.4 Å². The first-order valence-corrected chi connectivity index (χ1v) is 13.8. The van der Waals surface area contributed by atoms with Gasteiger partial charge in [0, 0.05) is 13.3 Å². The van der Waals surface area contributed by atoms with Gasteiger partial charge >= 0.3 is 0 Å². The van der Waals surface area contributed by atoms with Crippen LogP contribution in [0.3, 0.4) is 0 Å². The Labute approximate surface area is 195 Å². The van der Waals surface area contributed by atoms with Crippen LogP contribution in [-0.4, -0.2) is 28.5 Å². The summed E-state index contributed by atoms with van der Waals surface area (Å²) < 4.78 is 0.675. The minimum Gasteiger partial charge on any atom is -0.345 e. The molecule has 31 heavy (non-hydrogen) atoms. The molecule has 0 saturated heterocycles. The number of allylic oxidation sites excluding steroid dienone is 2. The van der Waals surface area contributed by atoms with Gasteiger partial charge in [-0.25, -0.2) is 0 Å². The maximum Gasteiger partial charge on any atom is 0.193 e. The first-order chi connectivity index (χ1) is 15.2. The fraction of sp³-hybridized carbons (Fsp3) is 0.857. The number of rotatable bonds is 21. The lowest BCUT2D eigenvalue weighted by Gasteiger charge is -2.39. The fourth-order valence-electron chi connectivity index (χ4n) is 4.95. The molecule has 3 heteroatoms. The summed E-state index contributed by atoms with van der Waals surface area (Å²) in [5, 5.41) is 13.7. The van der Waals surface area contributed by atoms with Crippen molar-refractivity contribution in [3.8, 4) is 0 Å². The number of nitrogens with one attached hydrogen (secondary N) is 1. The molecule has 2 N–H and O–H groups in total. The van der Waals surface area contributed by atoms with E-state index >= 15 is 0 Å². The Morgan fingerprint density at radius 2 is 1.26 bits per heavy atom. The van der Waals surface area contributed by atoms with Crippen molar-refractivity contribution in [1.82, 2.24) is 5.32 Å². The second-order valence-corrected chi connectivity index (χ2v) is 9.73. The van der Waals surface area contributed by atoms with Crippen LogP contribution in [0.15, 0.2) is 24.6 Å². The maximum absolute atomic E-state index is 10.2. The fourth-order valence-corrected chi connectivity index (χ4v) is 4.95. The highest BCUT2D eigenvalue weighted by molar-refractivity contribution is 4.84. The van der Waals surface area contributed by atoms with Crippen LogP contribution in [0.5, 0.6) is 0 Å². The Morgan fingerprint density at radius 3 is 1.74 bits per heavy atom. The maximum atomic E-state index is 10.2. The lowest BCUT2D eigenvalue weighted by Crippen LogP contribution is -2.57. The molecule has 1 heterocycles. The van der Waals surface area contributed by atoms with Gasteiger partial charge in [0.2, 0.25) is 0 Å². The van der Waals surface area contributed by atoms with Crippen LogP contribution in [0.2, 0.25) is 0 Å². The molecule has 0 aromatic rings. The zero-order valence-corrected chi connectivity index (χ0v) is 21.3. The number of quaternary nitrogens is 1. The van der Waals surface area contributed by atoms with Crippen molar-refractivity contribution >= 4 is 0 Å². The summed E-state index contributed by atoms with van der Waals surface area (Å²) in [6.07, 6.45) is 33.5. The quantitative estimate of drug-likeness (QED) is 0.108. The highest BCUT2D eigenvalue weighted by atomic mass is 16.3. The summed E-state index contributed by atoms with van der Waals surface area (Å²) in [7, 11) is 0. The van der Waals surface area contributed by atoms with Crippen LogP contribution >= 0.6 is 0 Å². The van der Waals surface area contributed by atoms with E-state index in [4.69, 9.17) is 0 Å². The van der Waals surface area contributed by atoms with Crippen molar-refractivity contribution in [3.63, 3.8) is 0 Å². The van der Waals surface area contributed by atoms with Crippen molar-refractivity contribution < 1.29 is 9.59 Å². The van der Waals surface area contributed by atoms with E-state index in [2.05, 4.69) is 37.5 Å². The Bertz CT molecular complexity index is 460. The number of unbranched alkanes of at least 4 members (excludes halogenated alkanes) is 15. The molecule has 0 spiro atoms. The Morgan fingerprint density at radius 1 is 0.774 bits per heavy atom. The molecular weight excluding hydrogens is 380 g/mol. The predicted molar refractivity (Wildman–Crippen MR) is 136 cm³/mol. The molecule has 3 nitrogen and oxygen atoms in total. The summed E-state index contributed by atoms with van der Waals surface area (Å²) >= 11 is 0. The first-order valence-electron chi connectivity index (χ1n) is 13.8. The third-order valence-corrected chi connectivity index (χ3v) is 7.20. The molecule has 0 saturated carbocycles. The number of hydrogen-bond donors (Lipinski definition) is 2. The Hall–Kier alpha value is -0.800. The molecule has 1 aliphatic rings. The molecule has 0 aromatic carbocycles. The van der Waals surface area contributed by atoms with Crippen molar-refractivity contribution in [1.29, 1.82) is 0 Å². The molecule has 182 valence electrons. The second kappa shape index (κ2) is 18.7. The number of nitrogens with zero attached hydrogens (tertiary/aromatic N) is 1. The van der Waals surface area contributed by atoms with E-state index in [1.807, 2.05) is 13.1 Å². The van der Waals surface area contributed by atoms with Gasteiger partial charge in [0.25, 0.3) is 0 Å². The van der Waals surface area contributed by atoms with Crippen molar-refractivity contribution in [3.05, 3.63) is 24.6 Å². The molecule has 0 amide bonds. The molecule has 1 rings (SSSR count). The molecule has 1 aliphatic heterocycles. The lowest BCUT2D eigenvalue weighted by molar-refractivity contribution is -0.942. The normalized spacial score (nSPS) is 21.7. The molecule has 0 fully saturated rings. The van der Waals surface area contributed by atoms with E-state index in [-0.39, 0.29) is 6.23 Å². The van der Waals surface area contributed by atoms with E-state index in [9.17, 15) is 5.11 Å². The van der Waals surface area contributed by atoms with Gasteiger partial charge in [0.1, 0.15) is 6.20 Å². The zero-order chi connectivity index (χ0) is 22.6. The molecule has 0 bridgehead atoms. The number of aliphatic hydroxyl groups excluding tert-OH is 1. The zero-order valence-electron chi connectivity index (χ0n) is 21.3. The van der Waals surface area contributed by atoms with Gasteiger partial charge in [0.05, 0.1) is 12.7 Å². The average molecular weight is 436 g/mol. The van der Waals surface area contributed by atoms with Gasteiger partial charge in [-0.1, -0.05) is 96.1 Å². The van der Waals surface area contributed by atoms with Crippen molar-refractivity contribution in [2.45, 2.75) is 149 Å².